The van der Waals surface area contributed by atoms with Crippen LogP contribution in [0.2, 0.25) is 0 Å². The van der Waals surface area contributed by atoms with Crippen LogP contribution in [0, 0.1) is 6.92 Å². The summed E-state index contributed by atoms with van der Waals surface area (Å²) in [5, 5.41) is 2.88. The van der Waals surface area contributed by atoms with Gasteiger partial charge in [-0.25, -0.2) is 0 Å². The normalized spacial score (nSPS) is 18.9. The van der Waals surface area contributed by atoms with Gasteiger partial charge in [0.2, 0.25) is 0 Å². The van der Waals surface area contributed by atoms with E-state index in [1.165, 1.54) is 5.56 Å². The monoisotopic (exact) mass is 364 g/mol. The van der Waals surface area contributed by atoms with E-state index in [2.05, 4.69) is 11.4 Å². The highest BCUT2D eigenvalue weighted by molar-refractivity contribution is 6.08. The summed E-state index contributed by atoms with van der Waals surface area (Å²) in [6.07, 6.45) is 3.22. The van der Waals surface area contributed by atoms with Crippen LogP contribution in [0.5, 0.6) is 0 Å². The second kappa shape index (κ2) is 7.53. The average Bonchev–Trinajstić information content (AvgIpc) is 3.22. The van der Waals surface area contributed by atoms with Crippen LogP contribution in [-0.4, -0.2) is 31.1 Å². The molecule has 0 bridgehead atoms. The van der Waals surface area contributed by atoms with Crippen molar-refractivity contribution >= 4 is 23.2 Å². The van der Waals surface area contributed by atoms with Gasteiger partial charge >= 0.3 is 0 Å². The Morgan fingerprint density at radius 3 is 2.81 bits per heavy atom. The van der Waals surface area contributed by atoms with Gasteiger partial charge in [-0.2, -0.15) is 0 Å². The van der Waals surface area contributed by atoms with Crippen LogP contribution in [0.15, 0.2) is 42.5 Å². The fourth-order valence-electron chi connectivity index (χ4n) is 3.94. The quantitative estimate of drug-likeness (QED) is 0.903. The number of anilines is 2. The van der Waals surface area contributed by atoms with Crippen molar-refractivity contribution in [2.75, 3.05) is 23.4 Å². The molecule has 1 saturated heterocycles. The van der Waals surface area contributed by atoms with Gasteiger partial charge in [-0.3, -0.25) is 9.59 Å². The molecule has 0 unspecified atom stereocenters. The Labute approximate surface area is 159 Å². The van der Waals surface area contributed by atoms with Gasteiger partial charge in [0, 0.05) is 24.4 Å². The SMILES string of the molecule is Cc1cccc2c1N(C(=O)c1cccc(NC(=O)[C@@H]3CCCO3)c1)CCC2. The van der Waals surface area contributed by atoms with E-state index in [9.17, 15) is 9.59 Å². The predicted octanol–water partition coefficient (Wildman–Crippen LogP) is 3.71. The smallest absolute Gasteiger partial charge is 0.258 e. The second-order valence-corrected chi connectivity index (χ2v) is 7.21. The summed E-state index contributed by atoms with van der Waals surface area (Å²) in [4.78, 5) is 27.3. The van der Waals surface area contributed by atoms with E-state index in [4.69, 9.17) is 4.74 Å². The Balaban J connectivity index is 1.56. The summed E-state index contributed by atoms with van der Waals surface area (Å²) >= 11 is 0. The maximum absolute atomic E-state index is 13.2. The van der Waals surface area contributed by atoms with Crippen LogP contribution in [0.25, 0.3) is 0 Å². The molecule has 0 aliphatic carbocycles. The van der Waals surface area contributed by atoms with E-state index in [1.54, 1.807) is 24.3 Å². The lowest BCUT2D eigenvalue weighted by Gasteiger charge is -2.31. The fraction of sp³-hybridized carbons (Fsp3) is 0.364. The van der Waals surface area contributed by atoms with Gasteiger partial charge in [0.25, 0.3) is 11.8 Å². The van der Waals surface area contributed by atoms with Crippen LogP contribution in [-0.2, 0) is 16.0 Å². The van der Waals surface area contributed by atoms with Crippen molar-refractivity contribution in [2.24, 2.45) is 0 Å². The average molecular weight is 364 g/mol. The number of hydrogen-bond donors (Lipinski definition) is 1. The second-order valence-electron chi connectivity index (χ2n) is 7.21. The molecule has 0 spiro atoms. The first kappa shape index (κ1) is 17.7. The first-order chi connectivity index (χ1) is 13.1. The number of nitrogens with zero attached hydrogens (tertiary/aromatic N) is 1. The number of amides is 2. The minimum atomic E-state index is -0.388. The lowest BCUT2D eigenvalue weighted by molar-refractivity contribution is -0.124. The molecule has 27 heavy (non-hydrogen) atoms. The highest BCUT2D eigenvalue weighted by Crippen LogP contribution is 2.32. The van der Waals surface area contributed by atoms with E-state index < -0.39 is 0 Å². The molecule has 1 atom stereocenters. The number of fused-ring (bicyclic) bond motifs is 1. The summed E-state index contributed by atoms with van der Waals surface area (Å²) in [6, 6.07) is 13.4. The number of para-hydroxylation sites is 1. The van der Waals surface area contributed by atoms with Gasteiger partial charge in [0.15, 0.2) is 0 Å². The van der Waals surface area contributed by atoms with Crippen molar-refractivity contribution in [3.8, 4) is 0 Å². The molecule has 2 aromatic carbocycles. The van der Waals surface area contributed by atoms with Gasteiger partial charge in [-0.1, -0.05) is 24.3 Å². The fourth-order valence-corrected chi connectivity index (χ4v) is 3.94. The molecule has 5 heteroatoms. The molecule has 0 aromatic heterocycles. The van der Waals surface area contributed by atoms with Crippen LogP contribution >= 0.6 is 0 Å². The van der Waals surface area contributed by atoms with Gasteiger partial charge in [0.1, 0.15) is 6.10 Å². The Bertz CT molecular complexity index is 872. The Kier molecular flexibility index (Phi) is 4.94. The molecule has 4 rings (SSSR count). The number of carbonyl (C=O) groups excluding carboxylic acids is 2. The van der Waals surface area contributed by atoms with Gasteiger partial charge in [-0.15, -0.1) is 0 Å². The molecular weight excluding hydrogens is 340 g/mol. The van der Waals surface area contributed by atoms with E-state index >= 15 is 0 Å². The maximum atomic E-state index is 13.2. The molecule has 1 fully saturated rings. The third-order valence-electron chi connectivity index (χ3n) is 5.26. The van der Waals surface area contributed by atoms with E-state index in [0.29, 0.717) is 24.4 Å². The summed E-state index contributed by atoms with van der Waals surface area (Å²) in [7, 11) is 0. The lowest BCUT2D eigenvalue weighted by atomic mass is 9.97. The molecule has 2 heterocycles. The molecule has 2 aliphatic rings. The highest BCUT2D eigenvalue weighted by atomic mass is 16.5. The van der Waals surface area contributed by atoms with Crippen molar-refractivity contribution in [1.82, 2.24) is 0 Å². The zero-order valence-corrected chi connectivity index (χ0v) is 15.5. The molecule has 5 nitrogen and oxygen atoms in total. The van der Waals surface area contributed by atoms with E-state index in [1.807, 2.05) is 24.0 Å². The summed E-state index contributed by atoms with van der Waals surface area (Å²) in [6.45, 7) is 3.39. The molecule has 0 radical (unpaired) electrons. The van der Waals surface area contributed by atoms with Crippen molar-refractivity contribution in [3.63, 3.8) is 0 Å². The Morgan fingerprint density at radius 2 is 2.00 bits per heavy atom. The summed E-state index contributed by atoms with van der Waals surface area (Å²) in [5.74, 6) is -0.172. The minimum absolute atomic E-state index is 0.0292. The number of aryl methyl sites for hydroxylation is 2. The van der Waals surface area contributed by atoms with Crippen molar-refractivity contribution in [1.29, 1.82) is 0 Å². The van der Waals surface area contributed by atoms with E-state index in [-0.39, 0.29) is 17.9 Å². The number of nitrogens with one attached hydrogen (secondary N) is 1. The molecule has 0 saturated carbocycles. The minimum Gasteiger partial charge on any atom is -0.368 e. The third-order valence-corrected chi connectivity index (χ3v) is 5.26. The zero-order chi connectivity index (χ0) is 18.8. The molecule has 140 valence electrons. The number of rotatable bonds is 3. The molecule has 2 aliphatic heterocycles. The topological polar surface area (TPSA) is 58.6 Å². The largest absolute Gasteiger partial charge is 0.368 e. The molecule has 1 N–H and O–H groups in total. The first-order valence-electron chi connectivity index (χ1n) is 9.56. The highest BCUT2D eigenvalue weighted by Gasteiger charge is 2.26. The number of benzene rings is 2. The number of hydrogen-bond acceptors (Lipinski definition) is 3. The van der Waals surface area contributed by atoms with Crippen LogP contribution in [0.1, 0.15) is 40.7 Å². The van der Waals surface area contributed by atoms with Gasteiger partial charge in [0.05, 0.1) is 5.69 Å². The van der Waals surface area contributed by atoms with Crippen molar-refractivity contribution < 1.29 is 14.3 Å². The predicted molar refractivity (Wildman–Crippen MR) is 105 cm³/mol. The number of ether oxygens (including phenoxy) is 1. The van der Waals surface area contributed by atoms with Crippen LogP contribution < -0.4 is 10.2 Å². The van der Waals surface area contributed by atoms with Crippen molar-refractivity contribution in [3.05, 3.63) is 59.2 Å². The van der Waals surface area contributed by atoms with Crippen LogP contribution in [0.3, 0.4) is 0 Å². The van der Waals surface area contributed by atoms with E-state index in [0.717, 1.165) is 36.9 Å². The summed E-state index contributed by atoms with van der Waals surface area (Å²) in [5.41, 5.74) is 4.57. The maximum Gasteiger partial charge on any atom is 0.258 e. The summed E-state index contributed by atoms with van der Waals surface area (Å²) < 4.78 is 5.42. The first-order valence-corrected chi connectivity index (χ1v) is 9.56. The number of carbonyl (C=O) groups is 2. The molecule has 2 aromatic rings. The van der Waals surface area contributed by atoms with Gasteiger partial charge < -0.3 is 15.0 Å². The van der Waals surface area contributed by atoms with Crippen molar-refractivity contribution in [2.45, 2.75) is 38.7 Å². The van der Waals surface area contributed by atoms with Gasteiger partial charge in [-0.05, 0) is 61.9 Å². The lowest BCUT2D eigenvalue weighted by Crippen LogP contribution is -2.36. The Morgan fingerprint density at radius 1 is 1.15 bits per heavy atom. The standard InChI is InChI=1S/C22H24N2O3/c1-15-6-2-7-16-9-4-12-24(20(15)16)22(26)17-8-3-10-18(14-17)23-21(25)19-11-5-13-27-19/h2-3,6-8,10,14,19H,4-5,9,11-13H2,1H3,(H,23,25)/t19-/m0/s1. The third kappa shape index (κ3) is 3.60. The zero-order valence-electron chi connectivity index (χ0n) is 15.5. The molecule has 2 amide bonds. The molecular formula is C22H24N2O3. The van der Waals surface area contributed by atoms with Crippen LogP contribution in [0.4, 0.5) is 11.4 Å². The Hall–Kier alpha value is -2.66.